The maximum atomic E-state index is 14.1. The smallest absolute Gasteiger partial charge is 0.336 e. The highest BCUT2D eigenvalue weighted by Gasteiger charge is 2.41. The number of sulfonamides is 1. The topological polar surface area (TPSA) is 143 Å². The second kappa shape index (κ2) is 7.90. The highest BCUT2D eigenvalue weighted by atomic mass is 32.2. The zero-order valence-corrected chi connectivity index (χ0v) is 16.0. The van der Waals surface area contributed by atoms with Gasteiger partial charge in [0.05, 0.1) is 29.9 Å². The van der Waals surface area contributed by atoms with Crippen molar-refractivity contribution in [3.63, 3.8) is 0 Å². The number of anilines is 1. The molecule has 1 aromatic carbocycles. The first-order valence-corrected chi connectivity index (χ1v) is 10.1. The second-order valence-corrected chi connectivity index (χ2v) is 8.46. The van der Waals surface area contributed by atoms with Crippen LogP contribution in [0, 0.1) is 28.9 Å². The summed E-state index contributed by atoms with van der Waals surface area (Å²) in [6.07, 6.45) is -0.373. The average Bonchev–Trinajstić information content (AvgIpc) is 2.67. The summed E-state index contributed by atoms with van der Waals surface area (Å²) in [4.78, 5) is 23.4. The molecule has 29 heavy (non-hydrogen) atoms. The number of nitriles is 1. The van der Waals surface area contributed by atoms with Gasteiger partial charge in [0.25, 0.3) is 10.0 Å². The minimum atomic E-state index is -4.77. The summed E-state index contributed by atoms with van der Waals surface area (Å²) >= 11 is 0. The van der Waals surface area contributed by atoms with Crippen LogP contribution < -0.4 is 21.3 Å². The summed E-state index contributed by atoms with van der Waals surface area (Å²) in [6.45, 7) is 1.56. The quantitative estimate of drug-likeness (QED) is 0.514. The van der Waals surface area contributed by atoms with Gasteiger partial charge in [-0.05, 0) is 19.1 Å². The third kappa shape index (κ3) is 4.00. The number of rotatable bonds is 4. The van der Waals surface area contributed by atoms with Crippen LogP contribution in [0.2, 0.25) is 0 Å². The number of urea groups is 1. The molecule has 3 rings (SSSR count). The Hall–Kier alpha value is -2.82. The summed E-state index contributed by atoms with van der Waals surface area (Å²) in [5, 5.41) is 19.6. The van der Waals surface area contributed by atoms with Crippen molar-refractivity contribution in [1.29, 1.82) is 5.26 Å². The monoisotopic (exact) mass is 428 g/mol. The molecule has 3 amide bonds. The molecular weight excluding hydrogens is 410 g/mol. The third-order valence-corrected chi connectivity index (χ3v) is 6.38. The van der Waals surface area contributed by atoms with Crippen molar-refractivity contribution in [2.45, 2.75) is 24.0 Å². The number of carbonyl (C=O) groups excluding carboxylic acids is 2. The van der Waals surface area contributed by atoms with Gasteiger partial charge in [0.15, 0.2) is 11.6 Å². The molecule has 0 spiro atoms. The Morgan fingerprint density at radius 1 is 1.38 bits per heavy atom. The lowest BCUT2D eigenvalue weighted by Gasteiger charge is -2.33. The van der Waals surface area contributed by atoms with Crippen LogP contribution in [0.15, 0.2) is 17.0 Å². The van der Waals surface area contributed by atoms with Crippen molar-refractivity contribution in [3.8, 4) is 6.07 Å². The van der Waals surface area contributed by atoms with E-state index in [1.165, 1.54) is 0 Å². The summed E-state index contributed by atoms with van der Waals surface area (Å²) in [5.41, 5.74) is -0.401. The summed E-state index contributed by atoms with van der Waals surface area (Å²) in [7, 11) is -4.77. The number of benzene rings is 1. The summed E-state index contributed by atoms with van der Waals surface area (Å²) in [6, 6.07) is 2.05. The Morgan fingerprint density at radius 3 is 2.66 bits per heavy atom. The first-order chi connectivity index (χ1) is 13.6. The van der Waals surface area contributed by atoms with Gasteiger partial charge in [-0.25, -0.2) is 26.3 Å². The fraction of sp³-hybridized carbons (Fsp3) is 0.438. The molecule has 1 saturated heterocycles. The van der Waals surface area contributed by atoms with E-state index in [9.17, 15) is 26.8 Å². The van der Waals surface area contributed by atoms with E-state index in [0.717, 1.165) is 6.07 Å². The molecule has 4 N–H and O–H groups in total. The molecule has 0 radical (unpaired) electrons. The van der Waals surface area contributed by atoms with Crippen molar-refractivity contribution in [3.05, 3.63) is 23.8 Å². The minimum Gasteiger partial charge on any atom is -0.349 e. The summed E-state index contributed by atoms with van der Waals surface area (Å²) in [5.74, 6) is -4.07. The maximum absolute atomic E-state index is 14.1. The average molecular weight is 428 g/mol. The van der Waals surface area contributed by atoms with Gasteiger partial charge < -0.3 is 10.6 Å². The Morgan fingerprint density at radius 2 is 2.03 bits per heavy atom. The van der Waals surface area contributed by atoms with Crippen LogP contribution in [-0.2, 0) is 14.8 Å². The van der Waals surface area contributed by atoms with E-state index >= 15 is 0 Å². The molecule has 10 nitrogen and oxygen atoms in total. The van der Waals surface area contributed by atoms with Crippen LogP contribution in [0.25, 0.3) is 0 Å². The van der Waals surface area contributed by atoms with Gasteiger partial charge in [0.1, 0.15) is 11.4 Å². The Balaban J connectivity index is 1.71. The molecule has 0 unspecified atom stereocenters. The zero-order valence-electron chi connectivity index (χ0n) is 15.2. The van der Waals surface area contributed by atoms with Crippen molar-refractivity contribution in [2.75, 3.05) is 25.0 Å². The number of nitrogens with zero attached hydrogens (tertiary/aromatic N) is 2. The van der Waals surface area contributed by atoms with Crippen LogP contribution in [0.5, 0.6) is 0 Å². The summed E-state index contributed by atoms with van der Waals surface area (Å²) < 4.78 is 52.9. The first-order valence-electron chi connectivity index (χ1n) is 8.62. The fourth-order valence-electron chi connectivity index (χ4n) is 3.08. The molecule has 1 fully saturated rings. The van der Waals surface area contributed by atoms with Gasteiger partial charge in [-0.3, -0.25) is 15.4 Å². The van der Waals surface area contributed by atoms with E-state index < -0.39 is 56.8 Å². The molecule has 1 atom stereocenters. The van der Waals surface area contributed by atoms with E-state index in [2.05, 4.69) is 27.3 Å². The van der Waals surface area contributed by atoms with E-state index in [-0.39, 0.29) is 16.4 Å². The lowest BCUT2D eigenvalue weighted by molar-refractivity contribution is -0.121. The van der Waals surface area contributed by atoms with Gasteiger partial charge in [-0.1, -0.05) is 0 Å². The van der Waals surface area contributed by atoms with Crippen LogP contribution >= 0.6 is 0 Å². The van der Waals surface area contributed by atoms with Crippen molar-refractivity contribution in [2.24, 2.45) is 5.92 Å². The molecule has 13 heteroatoms. The largest absolute Gasteiger partial charge is 0.349 e. The second-order valence-electron chi connectivity index (χ2n) is 6.66. The molecule has 2 aliphatic heterocycles. The normalized spacial score (nSPS) is 24.1. The van der Waals surface area contributed by atoms with Gasteiger partial charge in [0.2, 0.25) is 5.91 Å². The SMILES string of the molecule is C[C@@H](NC(=O)CN1C(=O)Nc2ccc(F)c(F)c2S1(=O)=O)C1NCC(C#N)CN1. The number of fused-ring (bicyclic) bond motifs is 1. The molecule has 0 saturated carbocycles. The van der Waals surface area contributed by atoms with E-state index in [1.54, 1.807) is 6.92 Å². The number of hydrogen-bond acceptors (Lipinski definition) is 7. The molecule has 156 valence electrons. The predicted molar refractivity (Wildman–Crippen MR) is 95.8 cm³/mol. The van der Waals surface area contributed by atoms with Gasteiger partial charge in [-0.2, -0.15) is 5.26 Å². The van der Waals surface area contributed by atoms with Gasteiger partial charge in [-0.15, -0.1) is 0 Å². The molecule has 2 heterocycles. The standard InChI is InChI=1S/C16H18F2N6O4S/c1-8(15-20-5-9(4-19)6-21-15)22-12(25)7-24-16(26)23-11-3-2-10(17)13(18)14(11)29(24,27)28/h2-3,8-9,15,20-21H,5-7H2,1H3,(H,22,25)(H,23,26)/t8-,9?,15?/m1/s1. The molecule has 1 aromatic rings. The molecule has 2 aliphatic rings. The Labute approximate surface area is 165 Å². The number of halogens is 2. The number of amides is 3. The minimum absolute atomic E-state index is 0.146. The van der Waals surface area contributed by atoms with Crippen molar-refractivity contribution >= 4 is 27.6 Å². The van der Waals surface area contributed by atoms with Crippen LogP contribution in [0.4, 0.5) is 19.3 Å². The lowest BCUT2D eigenvalue weighted by atomic mass is 10.1. The molecular formula is C16H18F2N6O4S. The van der Waals surface area contributed by atoms with Crippen LogP contribution in [0.3, 0.4) is 0 Å². The maximum Gasteiger partial charge on any atom is 0.336 e. The molecule has 0 aliphatic carbocycles. The van der Waals surface area contributed by atoms with Gasteiger partial charge in [0, 0.05) is 13.1 Å². The lowest BCUT2D eigenvalue weighted by Crippen LogP contribution is -2.62. The van der Waals surface area contributed by atoms with Crippen LogP contribution in [0.1, 0.15) is 6.92 Å². The number of nitrogens with one attached hydrogen (secondary N) is 4. The number of hydrogen-bond donors (Lipinski definition) is 4. The van der Waals surface area contributed by atoms with E-state index in [4.69, 9.17) is 5.26 Å². The first kappa shape index (κ1) is 20.9. The molecule has 0 bridgehead atoms. The van der Waals surface area contributed by atoms with Gasteiger partial charge >= 0.3 is 6.03 Å². The number of carbonyl (C=O) groups is 2. The highest BCUT2D eigenvalue weighted by Crippen LogP contribution is 2.33. The van der Waals surface area contributed by atoms with E-state index in [1.807, 2.05) is 0 Å². The van der Waals surface area contributed by atoms with Crippen molar-refractivity contribution in [1.82, 2.24) is 20.3 Å². The van der Waals surface area contributed by atoms with Crippen LogP contribution in [-0.4, -0.2) is 56.5 Å². The third-order valence-electron chi connectivity index (χ3n) is 4.59. The highest BCUT2D eigenvalue weighted by molar-refractivity contribution is 7.90. The fourth-order valence-corrected chi connectivity index (χ4v) is 4.57. The Bertz CT molecular complexity index is 988. The Kier molecular flexibility index (Phi) is 5.69. The van der Waals surface area contributed by atoms with Crippen molar-refractivity contribution < 1.29 is 26.8 Å². The molecule has 0 aromatic heterocycles. The predicted octanol–water partition coefficient (Wildman–Crippen LogP) is -0.336. The van der Waals surface area contributed by atoms with E-state index in [0.29, 0.717) is 19.2 Å². The zero-order chi connectivity index (χ0) is 21.3.